The highest BCUT2D eigenvalue weighted by Crippen LogP contribution is 2.66. The van der Waals surface area contributed by atoms with Crippen molar-refractivity contribution in [3.05, 3.63) is 12.2 Å². The number of aromatic nitrogens is 4. The molecule has 1 fully saturated rings. The van der Waals surface area contributed by atoms with E-state index in [1.54, 1.807) is 0 Å². The summed E-state index contributed by atoms with van der Waals surface area (Å²) < 4.78 is 52.5. The number of aliphatic hydroxyl groups excluding tert-OH is 2. The number of unbranched alkanes of at least 4 members (excludes halogenated alkanes) is 2. The van der Waals surface area contributed by atoms with Crippen LogP contribution < -0.4 is 30.3 Å². The van der Waals surface area contributed by atoms with Crippen LogP contribution in [0.5, 0.6) is 0 Å². The maximum atomic E-state index is 11.9. The molecular formula is C16H36N9O13P3. The molecule has 3 rings (SSSR count). The molecule has 0 aliphatic carbocycles. The van der Waals surface area contributed by atoms with E-state index < -0.39 is 54.6 Å². The molecule has 1 saturated heterocycles. The largest absolute Gasteiger partial charge is 0.490 e. The van der Waals surface area contributed by atoms with E-state index in [9.17, 15) is 33.7 Å². The minimum atomic E-state index is -5.73. The molecule has 20 N–H and O–H groups in total. The van der Waals surface area contributed by atoms with Gasteiger partial charge in [0.2, 0.25) is 5.82 Å². The molecule has 25 heteroatoms. The number of nitrogens with two attached hydrogens (primary N) is 1. The first-order valence-electron chi connectivity index (χ1n) is 10.4. The quantitative estimate of drug-likeness (QED) is 0.0945. The van der Waals surface area contributed by atoms with Crippen molar-refractivity contribution in [2.45, 2.75) is 50.7 Å². The monoisotopic (exact) mass is 655 g/mol. The second kappa shape index (κ2) is 16.0. The zero-order chi connectivity index (χ0) is 27.6. The maximum absolute atomic E-state index is 11.9. The van der Waals surface area contributed by atoms with Crippen molar-refractivity contribution in [2.24, 2.45) is 0 Å². The van der Waals surface area contributed by atoms with E-state index in [1.807, 2.05) is 6.92 Å². The zero-order valence-corrected chi connectivity index (χ0v) is 24.5. The standard InChI is InChI=1S/C16H24N5O13P3.4H3N/c1-2-3-4-5-6-10-19-14(17)11-15(20-10)21(8-18-11)16-13(23)12(22)9(32-16)7-31-36(27,28)34-37(29,30)33-35(24,25)26;;;;/h8-9,12-13,16,22-23H,2-4,7H2,1H3,(H,27,28)(H,29,30)(H2,17,19,20)(H2,24,25,26);4*1H3/t9-,12-,13-,16-;;;;/m1..../s1. The van der Waals surface area contributed by atoms with Gasteiger partial charge in [0.1, 0.15) is 23.8 Å². The summed E-state index contributed by atoms with van der Waals surface area (Å²) in [7, 11) is -16.8. The molecule has 2 unspecified atom stereocenters. The van der Waals surface area contributed by atoms with E-state index in [-0.39, 0.29) is 47.4 Å². The summed E-state index contributed by atoms with van der Waals surface area (Å²) in [5.74, 6) is 5.77. The van der Waals surface area contributed by atoms with Crippen LogP contribution in [0.25, 0.3) is 11.2 Å². The van der Waals surface area contributed by atoms with Crippen LogP contribution in [-0.4, -0.2) is 74.2 Å². The van der Waals surface area contributed by atoms with Gasteiger partial charge in [-0.05, 0) is 12.3 Å². The lowest BCUT2D eigenvalue weighted by molar-refractivity contribution is -0.0503. The zero-order valence-electron chi connectivity index (χ0n) is 21.8. The first-order chi connectivity index (χ1) is 17.1. The first-order valence-corrected chi connectivity index (χ1v) is 14.9. The first kappa shape index (κ1) is 41.2. The number of phosphoric acid groups is 3. The number of nitrogen functional groups attached to an aromatic ring is 1. The lowest BCUT2D eigenvalue weighted by Crippen LogP contribution is -2.33. The number of rotatable bonds is 10. The summed E-state index contributed by atoms with van der Waals surface area (Å²) >= 11 is 0. The van der Waals surface area contributed by atoms with Gasteiger partial charge in [0.15, 0.2) is 17.7 Å². The van der Waals surface area contributed by atoms with E-state index >= 15 is 0 Å². The van der Waals surface area contributed by atoms with Crippen LogP contribution in [0.15, 0.2) is 6.33 Å². The van der Waals surface area contributed by atoms with Crippen molar-refractivity contribution in [1.29, 1.82) is 0 Å². The summed E-state index contributed by atoms with van der Waals surface area (Å²) in [4.78, 5) is 48.3. The van der Waals surface area contributed by atoms with Crippen molar-refractivity contribution in [3.8, 4) is 11.8 Å². The smallest absolute Gasteiger partial charge is 0.387 e. The second-order valence-corrected chi connectivity index (χ2v) is 12.0. The fourth-order valence-corrected chi connectivity index (χ4v) is 6.18. The number of ether oxygens (including phenoxy) is 1. The second-order valence-electron chi connectivity index (χ2n) is 7.59. The van der Waals surface area contributed by atoms with Gasteiger partial charge < -0.3 is 64.9 Å². The number of aliphatic hydroxyl groups is 2. The van der Waals surface area contributed by atoms with Gasteiger partial charge in [-0.2, -0.15) is 8.62 Å². The van der Waals surface area contributed by atoms with Gasteiger partial charge >= 0.3 is 23.5 Å². The molecule has 6 atom stereocenters. The number of phosphoric ester groups is 1. The Morgan fingerprint density at radius 3 is 2.24 bits per heavy atom. The number of imidazole rings is 1. The Morgan fingerprint density at radius 1 is 1.02 bits per heavy atom. The summed E-state index contributed by atoms with van der Waals surface area (Å²) in [6.45, 7) is 1.04. The van der Waals surface area contributed by atoms with Crippen LogP contribution in [-0.2, 0) is 31.6 Å². The fraction of sp³-hybridized carbons (Fsp3) is 0.562. The molecule has 0 saturated carbocycles. The minimum Gasteiger partial charge on any atom is -0.387 e. The van der Waals surface area contributed by atoms with Gasteiger partial charge in [-0.25, -0.2) is 28.6 Å². The fourth-order valence-electron chi connectivity index (χ4n) is 3.15. The molecule has 2 aromatic rings. The maximum Gasteiger partial charge on any atom is 0.490 e. The summed E-state index contributed by atoms with van der Waals surface area (Å²) in [6, 6.07) is 0. The van der Waals surface area contributed by atoms with Crippen LogP contribution in [0, 0.1) is 11.8 Å². The number of fused-ring (bicyclic) bond motifs is 1. The Hall–Kier alpha value is -1.96. The van der Waals surface area contributed by atoms with Crippen LogP contribution >= 0.6 is 23.5 Å². The average molecular weight is 655 g/mol. The summed E-state index contributed by atoms with van der Waals surface area (Å²) in [5, 5.41) is 20.9. The SMILES string of the molecule is CCCCC#Cc1nc(N)c2ncn([C@@H]3O[C@H](COP(=O)(O)OP(=O)(O)OP(=O)(O)O)[C@@H](O)[C@H]3O)c2n1.N.N.N.N. The van der Waals surface area contributed by atoms with Crippen LogP contribution in [0.1, 0.15) is 38.2 Å². The number of anilines is 1. The van der Waals surface area contributed by atoms with Crippen molar-refractivity contribution in [2.75, 3.05) is 12.3 Å². The van der Waals surface area contributed by atoms with Gasteiger partial charge in [-0.15, -0.1) is 0 Å². The van der Waals surface area contributed by atoms with Gasteiger partial charge in [-0.1, -0.05) is 19.3 Å². The van der Waals surface area contributed by atoms with E-state index in [0.29, 0.717) is 6.42 Å². The molecule has 0 amide bonds. The van der Waals surface area contributed by atoms with E-state index in [4.69, 9.17) is 20.3 Å². The molecule has 41 heavy (non-hydrogen) atoms. The molecule has 22 nitrogen and oxygen atoms in total. The third kappa shape index (κ3) is 11.0. The number of nitrogens with zero attached hydrogens (tertiary/aromatic N) is 4. The molecule has 2 aromatic heterocycles. The predicted octanol–water partition coefficient (Wildman–Crippen LogP) is 0.561. The molecule has 1 aliphatic heterocycles. The van der Waals surface area contributed by atoms with Crippen molar-refractivity contribution in [1.82, 2.24) is 44.1 Å². The number of hydrogen-bond donors (Lipinski definition) is 11. The number of hydrogen-bond acceptors (Lipinski definition) is 17. The Morgan fingerprint density at radius 2 is 1.66 bits per heavy atom. The lowest BCUT2D eigenvalue weighted by Gasteiger charge is -2.19. The highest BCUT2D eigenvalue weighted by atomic mass is 31.3. The molecular weight excluding hydrogens is 619 g/mol. The predicted molar refractivity (Wildman–Crippen MR) is 142 cm³/mol. The molecule has 0 spiro atoms. The average Bonchev–Trinajstić information content (AvgIpc) is 3.29. The summed E-state index contributed by atoms with van der Waals surface area (Å²) in [5.41, 5.74) is 6.19. The van der Waals surface area contributed by atoms with Crippen LogP contribution in [0.4, 0.5) is 5.82 Å². The Kier molecular flexibility index (Phi) is 16.1. The third-order valence-corrected chi connectivity index (χ3v) is 8.54. The van der Waals surface area contributed by atoms with E-state index in [2.05, 4.69) is 39.9 Å². The molecule has 3 heterocycles. The van der Waals surface area contributed by atoms with Crippen molar-refractivity contribution >= 4 is 40.4 Å². The van der Waals surface area contributed by atoms with Crippen LogP contribution in [0.3, 0.4) is 0 Å². The summed E-state index contributed by atoms with van der Waals surface area (Å²) in [6.07, 6.45) is -2.53. The molecule has 1 aliphatic rings. The molecule has 238 valence electrons. The van der Waals surface area contributed by atoms with Crippen molar-refractivity contribution < 1.29 is 61.4 Å². The topological polar surface area (TPSA) is 419 Å². The van der Waals surface area contributed by atoms with Gasteiger partial charge in [0.25, 0.3) is 0 Å². The Balaban J connectivity index is 0. The normalized spacial score (nSPS) is 22.9. The Labute approximate surface area is 233 Å². The highest BCUT2D eigenvalue weighted by Gasteiger charge is 2.47. The van der Waals surface area contributed by atoms with Gasteiger partial charge in [0.05, 0.1) is 12.9 Å². The van der Waals surface area contributed by atoms with Crippen molar-refractivity contribution in [3.63, 3.8) is 0 Å². The van der Waals surface area contributed by atoms with Gasteiger partial charge in [0, 0.05) is 6.42 Å². The van der Waals surface area contributed by atoms with Crippen LogP contribution in [0.2, 0.25) is 0 Å². The lowest BCUT2D eigenvalue weighted by atomic mass is 10.1. The third-order valence-electron chi connectivity index (χ3n) is 4.73. The highest BCUT2D eigenvalue weighted by molar-refractivity contribution is 7.66. The molecule has 0 radical (unpaired) electrons. The molecule has 0 aromatic carbocycles. The minimum absolute atomic E-state index is 0. The Bertz CT molecular complexity index is 1350. The van der Waals surface area contributed by atoms with E-state index in [1.165, 1.54) is 10.9 Å². The molecule has 0 bridgehead atoms. The van der Waals surface area contributed by atoms with E-state index in [0.717, 1.165) is 12.8 Å². The van der Waals surface area contributed by atoms with Gasteiger partial charge in [-0.3, -0.25) is 9.09 Å².